The molecule has 2 bridgehead atoms. The number of likely N-dealkylation sites (tertiary alicyclic amines) is 1. The largest absolute Gasteiger partial charge is 0.489 e. The summed E-state index contributed by atoms with van der Waals surface area (Å²) in [5.74, 6) is -0.210. The van der Waals surface area contributed by atoms with Crippen molar-refractivity contribution in [2.75, 3.05) is 19.7 Å². The van der Waals surface area contributed by atoms with Crippen molar-refractivity contribution < 1.29 is 19.1 Å². The average molecular weight is 479 g/mol. The third-order valence-electron chi connectivity index (χ3n) is 5.98. The van der Waals surface area contributed by atoms with Crippen LogP contribution in [0.3, 0.4) is 0 Å². The van der Waals surface area contributed by atoms with Gasteiger partial charge in [0.1, 0.15) is 18.6 Å². The fraction of sp³-hybridized carbons (Fsp3) is 0.435. The third kappa shape index (κ3) is 4.97. The molecule has 0 unspecified atom stereocenters. The number of aryl methyl sites for hydroxylation is 1. The van der Waals surface area contributed by atoms with Gasteiger partial charge in [0.25, 0.3) is 11.8 Å². The van der Waals surface area contributed by atoms with E-state index in [0.717, 1.165) is 6.42 Å². The first-order valence-corrected chi connectivity index (χ1v) is 11.6. The van der Waals surface area contributed by atoms with Crippen molar-refractivity contribution in [3.8, 4) is 5.75 Å². The molecule has 0 aliphatic carbocycles. The van der Waals surface area contributed by atoms with E-state index in [9.17, 15) is 9.59 Å². The van der Waals surface area contributed by atoms with Gasteiger partial charge >= 0.3 is 0 Å². The number of carbonyl (C=O) groups is 2. The van der Waals surface area contributed by atoms with Gasteiger partial charge in [-0.1, -0.05) is 18.6 Å². The molecule has 35 heavy (non-hydrogen) atoms. The molecule has 2 aliphatic heterocycles. The Labute approximate surface area is 201 Å². The van der Waals surface area contributed by atoms with Crippen LogP contribution in [-0.2, 0) is 24.3 Å². The first kappa shape index (κ1) is 22.8. The molecule has 2 atom stereocenters. The summed E-state index contributed by atoms with van der Waals surface area (Å²) in [4.78, 5) is 40.8. The van der Waals surface area contributed by atoms with Crippen LogP contribution in [0.4, 0.5) is 0 Å². The smallest absolute Gasteiger partial charge is 0.274 e. The van der Waals surface area contributed by atoms with Crippen LogP contribution in [0.25, 0.3) is 0 Å². The van der Waals surface area contributed by atoms with Crippen molar-refractivity contribution in [1.29, 1.82) is 0 Å². The van der Waals surface area contributed by atoms with Crippen molar-refractivity contribution >= 4 is 11.8 Å². The maximum absolute atomic E-state index is 13.4. The number of pyridine rings is 1. The van der Waals surface area contributed by atoms with Gasteiger partial charge in [-0.3, -0.25) is 9.59 Å². The lowest BCUT2D eigenvalue weighted by molar-refractivity contribution is 0.0289. The molecule has 0 aromatic carbocycles. The molecule has 2 amide bonds. The number of nitrogens with zero attached hydrogens (tertiary/aromatic N) is 7. The highest BCUT2D eigenvalue weighted by atomic mass is 16.5. The van der Waals surface area contributed by atoms with Crippen LogP contribution in [0.1, 0.15) is 45.6 Å². The predicted octanol–water partition coefficient (Wildman–Crippen LogP) is 0.648. The molecule has 2 aliphatic rings. The van der Waals surface area contributed by atoms with Gasteiger partial charge in [-0.05, 0) is 18.6 Å². The van der Waals surface area contributed by atoms with E-state index in [1.54, 1.807) is 34.1 Å². The lowest BCUT2D eigenvalue weighted by atomic mass is 10.1. The van der Waals surface area contributed by atoms with E-state index in [1.165, 1.54) is 12.5 Å². The van der Waals surface area contributed by atoms with E-state index in [2.05, 4.69) is 30.6 Å². The zero-order valence-electron chi connectivity index (χ0n) is 19.3. The number of nitrogens with one attached hydrogen (secondary N) is 1. The summed E-state index contributed by atoms with van der Waals surface area (Å²) in [5.41, 5.74) is 2.01. The molecule has 5 heterocycles. The topological polar surface area (TPSA) is 137 Å². The van der Waals surface area contributed by atoms with E-state index in [-0.39, 0.29) is 24.8 Å². The van der Waals surface area contributed by atoms with Gasteiger partial charge in [-0.15, -0.1) is 5.10 Å². The van der Waals surface area contributed by atoms with Crippen LogP contribution in [0.15, 0.2) is 37.1 Å². The summed E-state index contributed by atoms with van der Waals surface area (Å²) in [6, 6.07) is 2.95. The number of hydrogen-bond donors (Lipinski definition) is 1. The Morgan fingerprint density at radius 1 is 1.29 bits per heavy atom. The number of amides is 2. The average Bonchev–Trinajstić information content (AvgIpc) is 3.49. The van der Waals surface area contributed by atoms with Gasteiger partial charge < -0.3 is 19.7 Å². The lowest BCUT2D eigenvalue weighted by Crippen LogP contribution is -2.44. The van der Waals surface area contributed by atoms with Crippen LogP contribution >= 0.6 is 0 Å². The molecule has 1 N–H and O–H groups in total. The molecule has 0 radical (unpaired) electrons. The Bertz CT molecular complexity index is 1220. The first-order chi connectivity index (χ1) is 17.1. The standard InChI is InChI=1S/C23H26N8O4/c1-2-4-17-16(9-24-14-26-17)23(33)30-11-18-20(12-30)35-13-15-10-31(29-28-15)7-8-34-19-5-3-6-25-21(19)22(32)27-18/h3,5-6,9-10,14,18,20H,2,4,7-8,11-13H2,1H3,(H,27,32)/t18-,20-/m0/s1. The maximum atomic E-state index is 13.4. The molecule has 182 valence electrons. The zero-order valence-corrected chi connectivity index (χ0v) is 19.3. The summed E-state index contributed by atoms with van der Waals surface area (Å²) in [5, 5.41) is 11.2. The highest BCUT2D eigenvalue weighted by molar-refractivity contribution is 5.96. The number of hydrogen-bond acceptors (Lipinski definition) is 9. The monoisotopic (exact) mass is 478 g/mol. The molecule has 0 saturated carbocycles. The number of rotatable bonds is 3. The second-order valence-electron chi connectivity index (χ2n) is 8.44. The van der Waals surface area contributed by atoms with E-state index in [4.69, 9.17) is 9.47 Å². The van der Waals surface area contributed by atoms with Crippen LogP contribution < -0.4 is 10.1 Å². The molecule has 1 fully saturated rings. The Hall–Kier alpha value is -3.93. The summed E-state index contributed by atoms with van der Waals surface area (Å²) >= 11 is 0. The van der Waals surface area contributed by atoms with E-state index < -0.39 is 18.1 Å². The van der Waals surface area contributed by atoms with Crippen LogP contribution in [0.2, 0.25) is 0 Å². The Kier molecular flexibility index (Phi) is 6.62. The van der Waals surface area contributed by atoms with Gasteiger partial charge in [0.05, 0.1) is 42.8 Å². The van der Waals surface area contributed by atoms with Gasteiger partial charge in [0.2, 0.25) is 0 Å². The quantitative estimate of drug-likeness (QED) is 0.575. The fourth-order valence-electron chi connectivity index (χ4n) is 4.26. The van der Waals surface area contributed by atoms with E-state index in [0.29, 0.717) is 48.8 Å². The second kappa shape index (κ2) is 10.1. The molecule has 12 nitrogen and oxygen atoms in total. The van der Waals surface area contributed by atoms with Crippen LogP contribution in [0, 0.1) is 0 Å². The second-order valence-corrected chi connectivity index (χ2v) is 8.44. The molecular formula is C23H26N8O4. The van der Waals surface area contributed by atoms with Crippen molar-refractivity contribution in [2.45, 2.75) is 45.1 Å². The van der Waals surface area contributed by atoms with Gasteiger partial charge in [-0.25, -0.2) is 19.6 Å². The Morgan fingerprint density at radius 3 is 3.09 bits per heavy atom. The van der Waals surface area contributed by atoms with Crippen LogP contribution in [0.5, 0.6) is 5.75 Å². The van der Waals surface area contributed by atoms with Crippen molar-refractivity contribution in [2.24, 2.45) is 0 Å². The number of ether oxygens (including phenoxy) is 2. The van der Waals surface area contributed by atoms with E-state index >= 15 is 0 Å². The lowest BCUT2D eigenvalue weighted by Gasteiger charge is -2.20. The Balaban J connectivity index is 1.42. The zero-order chi connectivity index (χ0) is 24.2. The minimum Gasteiger partial charge on any atom is -0.489 e. The first-order valence-electron chi connectivity index (χ1n) is 11.6. The molecule has 1 saturated heterocycles. The summed E-state index contributed by atoms with van der Waals surface area (Å²) < 4.78 is 13.6. The van der Waals surface area contributed by atoms with Crippen molar-refractivity contribution in [1.82, 2.24) is 40.2 Å². The molecule has 12 heteroatoms. The number of aromatic nitrogens is 6. The third-order valence-corrected chi connectivity index (χ3v) is 5.98. The summed E-state index contributed by atoms with van der Waals surface area (Å²) in [6.45, 7) is 3.55. The normalized spacial score (nSPS) is 20.3. The SMILES string of the molecule is CCCc1ncncc1C(=O)N1C[C@@H]2NC(=O)c3ncccc3OCCn3cc(nn3)CO[C@H]2C1. The number of fused-ring (bicyclic) bond motifs is 4. The van der Waals surface area contributed by atoms with Crippen molar-refractivity contribution in [3.05, 3.63) is 59.7 Å². The van der Waals surface area contributed by atoms with Crippen molar-refractivity contribution in [3.63, 3.8) is 0 Å². The van der Waals surface area contributed by atoms with Gasteiger partial charge in [0.15, 0.2) is 11.4 Å². The molecule has 3 aromatic rings. The highest BCUT2D eigenvalue weighted by Crippen LogP contribution is 2.22. The number of carbonyl (C=O) groups excluding carboxylic acids is 2. The Morgan fingerprint density at radius 2 is 2.20 bits per heavy atom. The minimum absolute atomic E-state index is 0.175. The molecular weight excluding hydrogens is 452 g/mol. The van der Waals surface area contributed by atoms with Gasteiger partial charge in [-0.2, -0.15) is 0 Å². The fourth-order valence-corrected chi connectivity index (χ4v) is 4.26. The molecule has 0 spiro atoms. The summed E-state index contributed by atoms with van der Waals surface area (Å²) in [6.07, 6.45) is 7.41. The molecule has 5 rings (SSSR count). The maximum Gasteiger partial charge on any atom is 0.274 e. The highest BCUT2D eigenvalue weighted by Gasteiger charge is 2.38. The predicted molar refractivity (Wildman–Crippen MR) is 122 cm³/mol. The van der Waals surface area contributed by atoms with E-state index in [1.807, 2.05) is 6.92 Å². The molecule has 3 aromatic heterocycles. The van der Waals surface area contributed by atoms with Crippen LogP contribution in [-0.4, -0.2) is 78.5 Å². The minimum atomic E-state index is -0.460. The van der Waals surface area contributed by atoms with Gasteiger partial charge in [0, 0.05) is 25.5 Å². The summed E-state index contributed by atoms with van der Waals surface area (Å²) in [7, 11) is 0.